The standard InChI is InChI=1S/C16H10BrNO2/c17-13-5-6-16(12(7-13)10-19)20-14-8-11-3-1-2-4-15(11)18-9-14/h1-10H. The largest absolute Gasteiger partial charge is 0.455 e. The Kier molecular flexibility index (Phi) is 3.48. The number of para-hydroxylation sites is 1. The van der Waals surface area contributed by atoms with Gasteiger partial charge in [-0.25, -0.2) is 0 Å². The fourth-order valence-electron chi connectivity index (χ4n) is 1.94. The van der Waals surface area contributed by atoms with Crippen LogP contribution in [-0.4, -0.2) is 11.3 Å². The minimum atomic E-state index is 0.493. The minimum absolute atomic E-state index is 0.493. The second-order valence-corrected chi connectivity index (χ2v) is 5.18. The molecule has 1 heterocycles. The number of benzene rings is 2. The molecule has 0 unspecified atom stereocenters. The number of ether oxygens (including phenoxy) is 1. The topological polar surface area (TPSA) is 39.2 Å². The first-order valence-corrected chi connectivity index (χ1v) is 6.83. The third-order valence-corrected chi connectivity index (χ3v) is 3.39. The van der Waals surface area contributed by atoms with Crippen LogP contribution >= 0.6 is 15.9 Å². The number of halogens is 1. The smallest absolute Gasteiger partial charge is 0.153 e. The number of aromatic nitrogens is 1. The number of aldehydes is 1. The maximum absolute atomic E-state index is 11.1. The van der Waals surface area contributed by atoms with E-state index < -0.39 is 0 Å². The molecule has 0 radical (unpaired) electrons. The highest BCUT2D eigenvalue weighted by Gasteiger charge is 2.06. The summed E-state index contributed by atoms with van der Waals surface area (Å²) in [6.07, 6.45) is 2.42. The number of hydrogen-bond donors (Lipinski definition) is 0. The summed E-state index contributed by atoms with van der Waals surface area (Å²) < 4.78 is 6.59. The van der Waals surface area contributed by atoms with E-state index in [1.54, 1.807) is 18.3 Å². The van der Waals surface area contributed by atoms with Gasteiger partial charge in [-0.05, 0) is 30.3 Å². The molecule has 0 saturated carbocycles. The average molecular weight is 328 g/mol. The quantitative estimate of drug-likeness (QED) is 0.660. The summed E-state index contributed by atoms with van der Waals surface area (Å²) in [5.74, 6) is 1.12. The van der Waals surface area contributed by atoms with Crippen molar-refractivity contribution in [3.63, 3.8) is 0 Å². The van der Waals surface area contributed by atoms with E-state index in [4.69, 9.17) is 4.74 Å². The van der Waals surface area contributed by atoms with Gasteiger partial charge in [0, 0.05) is 9.86 Å². The normalized spacial score (nSPS) is 10.4. The van der Waals surface area contributed by atoms with Gasteiger partial charge in [0.15, 0.2) is 6.29 Å². The Morgan fingerprint density at radius 1 is 1.10 bits per heavy atom. The number of nitrogens with zero attached hydrogens (tertiary/aromatic N) is 1. The maximum atomic E-state index is 11.1. The van der Waals surface area contributed by atoms with E-state index in [2.05, 4.69) is 20.9 Å². The van der Waals surface area contributed by atoms with Crippen molar-refractivity contribution in [1.29, 1.82) is 0 Å². The zero-order chi connectivity index (χ0) is 13.9. The minimum Gasteiger partial charge on any atom is -0.455 e. The van der Waals surface area contributed by atoms with Crippen molar-refractivity contribution in [2.75, 3.05) is 0 Å². The summed E-state index contributed by atoms with van der Waals surface area (Å²) >= 11 is 3.33. The Bertz CT molecular complexity index is 786. The number of pyridine rings is 1. The molecule has 0 N–H and O–H groups in total. The van der Waals surface area contributed by atoms with Gasteiger partial charge in [0.05, 0.1) is 17.3 Å². The molecule has 20 heavy (non-hydrogen) atoms. The van der Waals surface area contributed by atoms with E-state index in [-0.39, 0.29) is 0 Å². The Morgan fingerprint density at radius 3 is 2.80 bits per heavy atom. The molecule has 0 saturated heterocycles. The Labute approximate surface area is 124 Å². The van der Waals surface area contributed by atoms with Gasteiger partial charge >= 0.3 is 0 Å². The van der Waals surface area contributed by atoms with Crippen molar-refractivity contribution < 1.29 is 9.53 Å². The molecule has 3 nitrogen and oxygen atoms in total. The number of carbonyl (C=O) groups excluding carboxylic acids is 1. The molecule has 3 rings (SSSR count). The molecule has 1 aromatic heterocycles. The van der Waals surface area contributed by atoms with E-state index in [0.29, 0.717) is 17.1 Å². The highest BCUT2D eigenvalue weighted by molar-refractivity contribution is 9.10. The molecule has 0 amide bonds. The molecular weight excluding hydrogens is 318 g/mol. The van der Waals surface area contributed by atoms with Crippen LogP contribution in [0.2, 0.25) is 0 Å². The summed E-state index contributed by atoms with van der Waals surface area (Å²) in [4.78, 5) is 15.4. The molecule has 0 aliphatic heterocycles. The van der Waals surface area contributed by atoms with Crippen molar-refractivity contribution in [1.82, 2.24) is 4.98 Å². The van der Waals surface area contributed by atoms with Crippen LogP contribution in [-0.2, 0) is 0 Å². The summed E-state index contributed by atoms with van der Waals surface area (Å²) in [6.45, 7) is 0. The fraction of sp³-hybridized carbons (Fsp3) is 0. The van der Waals surface area contributed by atoms with Crippen LogP contribution in [0.25, 0.3) is 10.9 Å². The predicted octanol–water partition coefficient (Wildman–Crippen LogP) is 4.60. The van der Waals surface area contributed by atoms with Crippen LogP contribution in [0, 0.1) is 0 Å². The van der Waals surface area contributed by atoms with Crippen molar-refractivity contribution in [2.24, 2.45) is 0 Å². The van der Waals surface area contributed by atoms with Crippen molar-refractivity contribution in [3.05, 3.63) is 64.8 Å². The molecule has 0 aliphatic rings. The highest BCUT2D eigenvalue weighted by atomic mass is 79.9. The van der Waals surface area contributed by atoms with E-state index in [0.717, 1.165) is 21.7 Å². The van der Waals surface area contributed by atoms with Crippen LogP contribution in [0.5, 0.6) is 11.5 Å². The zero-order valence-electron chi connectivity index (χ0n) is 10.4. The number of rotatable bonds is 3. The molecule has 0 atom stereocenters. The maximum Gasteiger partial charge on any atom is 0.153 e. The third kappa shape index (κ3) is 2.56. The summed E-state index contributed by atoms with van der Waals surface area (Å²) in [6, 6.07) is 15.0. The SMILES string of the molecule is O=Cc1cc(Br)ccc1Oc1cnc2ccccc2c1. The lowest BCUT2D eigenvalue weighted by atomic mass is 10.2. The van der Waals surface area contributed by atoms with Crippen LogP contribution < -0.4 is 4.74 Å². The van der Waals surface area contributed by atoms with Gasteiger partial charge in [0.2, 0.25) is 0 Å². The second kappa shape index (κ2) is 5.43. The molecule has 3 aromatic rings. The summed E-state index contributed by atoms with van der Waals surface area (Å²) in [5.41, 5.74) is 1.40. The molecule has 98 valence electrons. The van der Waals surface area contributed by atoms with Crippen molar-refractivity contribution >= 4 is 33.1 Å². The highest BCUT2D eigenvalue weighted by Crippen LogP contribution is 2.28. The van der Waals surface area contributed by atoms with Gasteiger partial charge in [0.25, 0.3) is 0 Å². The lowest BCUT2D eigenvalue weighted by Crippen LogP contribution is -1.91. The number of carbonyl (C=O) groups is 1. The van der Waals surface area contributed by atoms with Gasteiger partial charge in [0.1, 0.15) is 11.5 Å². The molecule has 0 fully saturated rings. The summed E-state index contributed by atoms with van der Waals surface area (Å²) in [5, 5.41) is 0.995. The van der Waals surface area contributed by atoms with E-state index in [1.165, 1.54) is 0 Å². The first-order chi connectivity index (χ1) is 9.76. The van der Waals surface area contributed by atoms with Gasteiger partial charge in [-0.15, -0.1) is 0 Å². The molecule has 0 aliphatic carbocycles. The number of hydrogen-bond acceptors (Lipinski definition) is 3. The fourth-order valence-corrected chi connectivity index (χ4v) is 2.32. The third-order valence-electron chi connectivity index (χ3n) is 2.89. The van der Waals surface area contributed by atoms with Crippen LogP contribution in [0.1, 0.15) is 10.4 Å². The Balaban J connectivity index is 1.98. The lowest BCUT2D eigenvalue weighted by Gasteiger charge is -2.08. The molecule has 0 spiro atoms. The van der Waals surface area contributed by atoms with Crippen LogP contribution in [0.15, 0.2) is 59.2 Å². The first kappa shape index (κ1) is 12.8. The van der Waals surface area contributed by atoms with Gasteiger partial charge in [-0.3, -0.25) is 9.78 Å². The van der Waals surface area contributed by atoms with Crippen LogP contribution in [0.4, 0.5) is 0 Å². The van der Waals surface area contributed by atoms with E-state index in [9.17, 15) is 4.79 Å². The Morgan fingerprint density at radius 2 is 1.95 bits per heavy atom. The Hall–Kier alpha value is -2.20. The lowest BCUT2D eigenvalue weighted by molar-refractivity contribution is 0.112. The van der Waals surface area contributed by atoms with Gasteiger partial charge < -0.3 is 4.74 Å². The number of fused-ring (bicyclic) bond motifs is 1. The van der Waals surface area contributed by atoms with Gasteiger partial charge in [-0.2, -0.15) is 0 Å². The summed E-state index contributed by atoms with van der Waals surface area (Å²) in [7, 11) is 0. The predicted molar refractivity (Wildman–Crippen MR) is 81.3 cm³/mol. The first-order valence-electron chi connectivity index (χ1n) is 6.03. The van der Waals surface area contributed by atoms with E-state index >= 15 is 0 Å². The van der Waals surface area contributed by atoms with Crippen molar-refractivity contribution in [3.8, 4) is 11.5 Å². The van der Waals surface area contributed by atoms with Crippen molar-refractivity contribution in [2.45, 2.75) is 0 Å². The molecule has 2 aromatic carbocycles. The second-order valence-electron chi connectivity index (χ2n) is 4.27. The van der Waals surface area contributed by atoms with E-state index in [1.807, 2.05) is 36.4 Å². The molecule has 0 bridgehead atoms. The molecular formula is C16H10BrNO2. The van der Waals surface area contributed by atoms with Crippen LogP contribution in [0.3, 0.4) is 0 Å². The molecule has 4 heteroatoms. The average Bonchev–Trinajstić information content (AvgIpc) is 2.49. The zero-order valence-corrected chi connectivity index (χ0v) is 12.0. The van der Waals surface area contributed by atoms with Gasteiger partial charge in [-0.1, -0.05) is 34.1 Å². The monoisotopic (exact) mass is 327 g/mol.